The number of benzene rings is 1. The van der Waals surface area contributed by atoms with Gasteiger partial charge in [-0.1, -0.05) is 12.1 Å². The lowest BCUT2D eigenvalue weighted by Gasteiger charge is -2.51. The average Bonchev–Trinajstić information content (AvgIpc) is 3.27. The Morgan fingerprint density at radius 3 is 2.77 bits per heavy atom. The summed E-state index contributed by atoms with van der Waals surface area (Å²) in [6.45, 7) is 2.41. The average molecular weight is 399 g/mol. The maximum Gasteiger partial charge on any atom is 0.223 e. The van der Waals surface area contributed by atoms with Crippen molar-refractivity contribution in [3.63, 3.8) is 0 Å². The van der Waals surface area contributed by atoms with Gasteiger partial charge in [-0.25, -0.2) is 4.98 Å². The first-order chi connectivity index (χ1) is 14.7. The Hall–Kier alpha value is -3.33. The van der Waals surface area contributed by atoms with Crippen molar-refractivity contribution >= 4 is 22.6 Å². The summed E-state index contributed by atoms with van der Waals surface area (Å²) in [6, 6.07) is 14.2. The lowest BCUT2D eigenvalue weighted by molar-refractivity contribution is -0.144. The van der Waals surface area contributed by atoms with Crippen molar-refractivity contribution in [3.05, 3.63) is 59.9 Å². The van der Waals surface area contributed by atoms with E-state index in [0.717, 1.165) is 50.1 Å². The molecule has 1 N–H and O–H groups in total. The Morgan fingerprint density at radius 1 is 1.13 bits per heavy atom. The molecule has 0 bridgehead atoms. The molecule has 0 atom stereocenters. The summed E-state index contributed by atoms with van der Waals surface area (Å²) in [5.74, 6) is 1.19. The monoisotopic (exact) mass is 399 g/mol. The van der Waals surface area contributed by atoms with E-state index in [4.69, 9.17) is 5.26 Å². The molecule has 2 saturated heterocycles. The minimum absolute atomic E-state index is 0.0725. The molecule has 152 valence electrons. The highest BCUT2D eigenvalue weighted by atomic mass is 16.2. The lowest BCUT2D eigenvalue weighted by Crippen LogP contribution is -2.59. The molecule has 1 amide bonds. The lowest BCUT2D eigenvalue weighted by atomic mass is 9.78. The molecule has 4 heterocycles. The zero-order valence-electron chi connectivity index (χ0n) is 17.0. The summed E-state index contributed by atoms with van der Waals surface area (Å²) in [6.07, 6.45) is 8.17. The third-order valence-corrected chi connectivity index (χ3v) is 6.82. The van der Waals surface area contributed by atoms with Crippen LogP contribution in [-0.2, 0) is 11.3 Å². The summed E-state index contributed by atoms with van der Waals surface area (Å²) in [7, 11) is 0. The number of nitrogens with zero attached hydrogens (tertiary/aromatic N) is 4. The van der Waals surface area contributed by atoms with Gasteiger partial charge < -0.3 is 14.8 Å². The molecule has 2 aliphatic heterocycles. The van der Waals surface area contributed by atoms with Crippen molar-refractivity contribution in [2.75, 3.05) is 18.0 Å². The third kappa shape index (κ3) is 3.21. The second-order valence-corrected chi connectivity index (χ2v) is 8.42. The summed E-state index contributed by atoms with van der Waals surface area (Å²) in [5, 5.41) is 10.2. The number of anilines is 1. The van der Waals surface area contributed by atoms with E-state index in [-0.39, 0.29) is 11.4 Å². The number of rotatable bonds is 3. The first kappa shape index (κ1) is 18.7. The Morgan fingerprint density at radius 2 is 2.00 bits per heavy atom. The number of carbonyl (C=O) groups is 1. The fourth-order valence-corrected chi connectivity index (χ4v) is 5.13. The van der Waals surface area contributed by atoms with Gasteiger partial charge >= 0.3 is 0 Å². The first-order valence-electron chi connectivity index (χ1n) is 10.7. The number of fused-ring (bicyclic) bond motifs is 1. The molecule has 6 nitrogen and oxygen atoms in total. The van der Waals surface area contributed by atoms with Gasteiger partial charge in [-0.05, 0) is 55.5 Å². The van der Waals surface area contributed by atoms with E-state index in [1.165, 1.54) is 10.9 Å². The van der Waals surface area contributed by atoms with E-state index in [2.05, 4.69) is 50.1 Å². The zero-order valence-corrected chi connectivity index (χ0v) is 17.0. The summed E-state index contributed by atoms with van der Waals surface area (Å²) in [4.78, 5) is 25.2. The predicted octanol–water partition coefficient (Wildman–Crippen LogP) is 3.99. The van der Waals surface area contributed by atoms with Gasteiger partial charge in [0, 0.05) is 54.9 Å². The second kappa shape index (κ2) is 7.49. The van der Waals surface area contributed by atoms with Crippen LogP contribution in [0.1, 0.15) is 43.2 Å². The van der Waals surface area contributed by atoms with E-state index in [1.54, 1.807) is 6.20 Å². The maximum atomic E-state index is 13.0. The molecule has 1 spiro atoms. The number of hydrogen-bond donors (Lipinski definition) is 1. The number of nitriles is 1. The Bertz CT molecular complexity index is 1100. The molecule has 0 aliphatic carbocycles. The quantitative estimate of drug-likeness (QED) is 0.723. The molecule has 0 saturated carbocycles. The number of H-pyrrole nitrogens is 1. The Labute approximate surface area is 176 Å². The Balaban J connectivity index is 1.37. The molecule has 1 aromatic carbocycles. The standard InChI is InChI=1S/C24H25N5O/c25-15-18-6-7-22(27-16-18)28-13-10-24(11-14-28)9-2-5-23(30)29(24)17-19-3-1-4-21-20(19)8-12-26-21/h1,3-4,6-8,12,16,26H,2,5,9-11,13-14,17H2. The maximum absolute atomic E-state index is 13.0. The van der Waals surface area contributed by atoms with Gasteiger partial charge in [0.25, 0.3) is 0 Å². The number of hydrogen-bond acceptors (Lipinski definition) is 4. The van der Waals surface area contributed by atoms with Gasteiger partial charge in [-0.15, -0.1) is 0 Å². The molecular formula is C24H25N5O. The van der Waals surface area contributed by atoms with Gasteiger partial charge in [0.05, 0.1) is 5.56 Å². The number of aromatic amines is 1. The van der Waals surface area contributed by atoms with Crippen molar-refractivity contribution in [2.24, 2.45) is 0 Å². The largest absolute Gasteiger partial charge is 0.361 e. The minimum Gasteiger partial charge on any atom is -0.361 e. The molecule has 0 unspecified atom stereocenters. The highest BCUT2D eigenvalue weighted by molar-refractivity contribution is 5.84. The summed E-state index contributed by atoms with van der Waals surface area (Å²) < 4.78 is 0. The normalized spacial score (nSPS) is 18.7. The number of piperidine rings is 2. The Kier molecular flexibility index (Phi) is 4.66. The van der Waals surface area contributed by atoms with Gasteiger partial charge in [0.1, 0.15) is 11.9 Å². The third-order valence-electron chi connectivity index (χ3n) is 6.82. The van der Waals surface area contributed by atoms with Crippen LogP contribution in [0, 0.1) is 11.3 Å². The molecule has 0 radical (unpaired) electrons. The highest BCUT2D eigenvalue weighted by Gasteiger charge is 2.44. The second-order valence-electron chi connectivity index (χ2n) is 8.42. The van der Waals surface area contributed by atoms with Crippen LogP contribution in [0.5, 0.6) is 0 Å². The van der Waals surface area contributed by atoms with Crippen molar-refractivity contribution in [1.29, 1.82) is 5.26 Å². The van der Waals surface area contributed by atoms with Gasteiger partial charge in [-0.3, -0.25) is 4.79 Å². The topological polar surface area (TPSA) is 76.0 Å². The SMILES string of the molecule is N#Cc1ccc(N2CCC3(CCCC(=O)N3Cc3cccc4[nH]ccc34)CC2)nc1. The number of carbonyl (C=O) groups excluding carboxylic acids is 1. The number of likely N-dealkylation sites (tertiary alicyclic amines) is 1. The van der Waals surface area contributed by atoms with Crippen molar-refractivity contribution in [1.82, 2.24) is 14.9 Å². The zero-order chi connectivity index (χ0) is 20.6. The first-order valence-corrected chi connectivity index (χ1v) is 10.7. The van der Waals surface area contributed by atoms with Gasteiger partial charge in [0.2, 0.25) is 5.91 Å². The van der Waals surface area contributed by atoms with Crippen LogP contribution >= 0.6 is 0 Å². The van der Waals surface area contributed by atoms with Gasteiger partial charge in [0.15, 0.2) is 0 Å². The van der Waals surface area contributed by atoms with E-state index in [9.17, 15) is 4.79 Å². The number of pyridine rings is 1. The van der Waals surface area contributed by atoms with Crippen LogP contribution in [0.15, 0.2) is 48.8 Å². The smallest absolute Gasteiger partial charge is 0.223 e. The minimum atomic E-state index is -0.0725. The van der Waals surface area contributed by atoms with Crippen molar-refractivity contribution in [3.8, 4) is 6.07 Å². The molecule has 2 aromatic heterocycles. The summed E-state index contributed by atoms with van der Waals surface area (Å²) >= 11 is 0. The number of amides is 1. The molecule has 2 aliphatic rings. The fourth-order valence-electron chi connectivity index (χ4n) is 5.13. The van der Waals surface area contributed by atoms with Crippen LogP contribution in [-0.4, -0.2) is 39.4 Å². The fraction of sp³-hybridized carbons (Fsp3) is 0.375. The van der Waals surface area contributed by atoms with Crippen LogP contribution in [0.2, 0.25) is 0 Å². The molecule has 6 heteroatoms. The van der Waals surface area contributed by atoms with E-state index in [1.807, 2.05) is 18.3 Å². The number of aromatic nitrogens is 2. The molecule has 2 fully saturated rings. The van der Waals surface area contributed by atoms with Crippen molar-refractivity contribution in [2.45, 2.75) is 44.2 Å². The summed E-state index contributed by atoms with van der Waals surface area (Å²) in [5.41, 5.74) is 2.83. The van der Waals surface area contributed by atoms with Crippen LogP contribution in [0.3, 0.4) is 0 Å². The van der Waals surface area contributed by atoms with E-state index >= 15 is 0 Å². The molecule has 5 rings (SSSR count). The van der Waals surface area contributed by atoms with Crippen LogP contribution in [0.4, 0.5) is 5.82 Å². The molecular weight excluding hydrogens is 374 g/mol. The number of nitrogens with one attached hydrogen (secondary N) is 1. The van der Waals surface area contributed by atoms with E-state index < -0.39 is 0 Å². The molecule has 30 heavy (non-hydrogen) atoms. The van der Waals surface area contributed by atoms with Crippen LogP contribution < -0.4 is 4.90 Å². The highest BCUT2D eigenvalue weighted by Crippen LogP contribution is 2.40. The van der Waals surface area contributed by atoms with Crippen LogP contribution in [0.25, 0.3) is 10.9 Å². The predicted molar refractivity (Wildman–Crippen MR) is 116 cm³/mol. The van der Waals surface area contributed by atoms with E-state index in [0.29, 0.717) is 18.5 Å². The molecule has 3 aromatic rings. The van der Waals surface area contributed by atoms with Gasteiger partial charge in [-0.2, -0.15) is 5.26 Å². The van der Waals surface area contributed by atoms with Crippen molar-refractivity contribution < 1.29 is 4.79 Å².